The summed E-state index contributed by atoms with van der Waals surface area (Å²) in [4.78, 5) is 23.9. The van der Waals surface area contributed by atoms with Crippen LogP contribution in [0.4, 0.5) is 0 Å². The van der Waals surface area contributed by atoms with E-state index in [2.05, 4.69) is 34.9 Å². The molecule has 2 aliphatic rings. The van der Waals surface area contributed by atoms with Crippen molar-refractivity contribution < 1.29 is 9.59 Å². The zero-order valence-corrected chi connectivity index (χ0v) is 13.6. The molecule has 1 aliphatic carbocycles. The van der Waals surface area contributed by atoms with Gasteiger partial charge in [-0.05, 0) is 36.7 Å². The zero-order chi connectivity index (χ0) is 16.1. The van der Waals surface area contributed by atoms with Gasteiger partial charge in [-0.3, -0.25) is 9.59 Å². The molecule has 2 fully saturated rings. The molecule has 0 unspecified atom stereocenters. The molecule has 4 heteroatoms. The molecular weight excluding hydrogens is 288 g/mol. The molecule has 23 heavy (non-hydrogen) atoms. The van der Waals surface area contributed by atoms with Crippen molar-refractivity contribution in [2.75, 3.05) is 13.1 Å². The fraction of sp³-hybridized carbons (Fsp3) is 0.579. The summed E-state index contributed by atoms with van der Waals surface area (Å²) in [5.74, 6) is -0.102. The Morgan fingerprint density at radius 2 is 1.96 bits per heavy atom. The van der Waals surface area contributed by atoms with Crippen molar-refractivity contribution in [1.29, 1.82) is 0 Å². The quantitative estimate of drug-likeness (QED) is 0.877. The second-order valence-electron chi connectivity index (χ2n) is 7.13. The van der Waals surface area contributed by atoms with Crippen LogP contribution in [0, 0.1) is 11.3 Å². The van der Waals surface area contributed by atoms with Crippen LogP contribution in [0.25, 0.3) is 0 Å². The van der Waals surface area contributed by atoms with Gasteiger partial charge in [0.1, 0.15) is 0 Å². The Bertz CT molecular complexity index is 550. The third-order valence-electron chi connectivity index (χ3n) is 5.34. The summed E-state index contributed by atoms with van der Waals surface area (Å²) in [7, 11) is 0. The fourth-order valence-corrected chi connectivity index (χ4v) is 4.00. The van der Waals surface area contributed by atoms with E-state index in [1.165, 1.54) is 31.2 Å². The highest BCUT2D eigenvalue weighted by atomic mass is 16.2. The number of hydrogen-bond acceptors (Lipinski definition) is 2. The lowest BCUT2D eigenvalue weighted by Gasteiger charge is -2.31. The molecule has 2 N–H and O–H groups in total. The Kier molecular flexibility index (Phi) is 4.99. The molecule has 4 nitrogen and oxygen atoms in total. The molecule has 0 radical (unpaired) electrons. The van der Waals surface area contributed by atoms with Crippen LogP contribution >= 0.6 is 0 Å². The topological polar surface area (TPSA) is 58.2 Å². The molecule has 3 rings (SSSR count). The maximum Gasteiger partial charge on any atom is 0.223 e. The highest BCUT2D eigenvalue weighted by molar-refractivity contribution is 5.86. The first-order chi connectivity index (χ1) is 11.2. The summed E-state index contributed by atoms with van der Waals surface area (Å²) in [6.45, 7) is 1.35. The smallest absolute Gasteiger partial charge is 0.223 e. The van der Waals surface area contributed by atoms with Gasteiger partial charge < -0.3 is 10.6 Å². The first-order valence-corrected chi connectivity index (χ1v) is 8.75. The van der Waals surface area contributed by atoms with E-state index in [0.717, 1.165) is 19.4 Å². The normalized spacial score (nSPS) is 23.3. The number of carbonyl (C=O) groups excluding carboxylic acids is 2. The van der Waals surface area contributed by atoms with Crippen LogP contribution in [0.15, 0.2) is 30.3 Å². The van der Waals surface area contributed by atoms with Crippen molar-refractivity contribution in [3.05, 3.63) is 35.9 Å². The van der Waals surface area contributed by atoms with Crippen LogP contribution in [0.2, 0.25) is 0 Å². The molecule has 124 valence electrons. The Hall–Kier alpha value is -1.84. The molecule has 1 aromatic carbocycles. The predicted molar refractivity (Wildman–Crippen MR) is 89.8 cm³/mol. The van der Waals surface area contributed by atoms with Gasteiger partial charge in [-0.2, -0.15) is 0 Å². The third-order valence-corrected chi connectivity index (χ3v) is 5.34. The van der Waals surface area contributed by atoms with Crippen molar-refractivity contribution in [2.45, 2.75) is 44.9 Å². The minimum Gasteiger partial charge on any atom is -0.356 e. The Balaban J connectivity index is 1.59. The molecule has 1 aliphatic heterocycles. The average Bonchev–Trinajstić information content (AvgIpc) is 3.02. The standard InChI is InChI=1S/C19H26N2O2/c22-17-12-16(8-11-20-17)18(23)21-14-19(9-4-5-10-19)13-15-6-2-1-3-7-15/h1-3,6-7,16H,4-5,8-14H2,(H,20,22)(H,21,23)/t16-/m1/s1. The van der Waals surface area contributed by atoms with Crippen LogP contribution in [-0.4, -0.2) is 24.9 Å². The lowest BCUT2D eigenvalue weighted by atomic mass is 9.79. The zero-order valence-electron chi connectivity index (χ0n) is 13.6. The largest absolute Gasteiger partial charge is 0.356 e. The van der Waals surface area contributed by atoms with E-state index in [1.807, 2.05) is 6.07 Å². The van der Waals surface area contributed by atoms with E-state index in [0.29, 0.717) is 13.0 Å². The first kappa shape index (κ1) is 16.0. The maximum absolute atomic E-state index is 12.4. The van der Waals surface area contributed by atoms with Crippen LogP contribution in [0.3, 0.4) is 0 Å². The lowest BCUT2D eigenvalue weighted by molar-refractivity contribution is -0.132. The van der Waals surface area contributed by atoms with Gasteiger partial charge in [-0.15, -0.1) is 0 Å². The van der Waals surface area contributed by atoms with Crippen molar-refractivity contribution in [2.24, 2.45) is 11.3 Å². The molecule has 1 saturated carbocycles. The summed E-state index contributed by atoms with van der Waals surface area (Å²) in [5, 5.41) is 5.94. The highest BCUT2D eigenvalue weighted by Crippen LogP contribution is 2.40. The van der Waals surface area contributed by atoms with Gasteiger partial charge in [-0.25, -0.2) is 0 Å². The number of piperidine rings is 1. The van der Waals surface area contributed by atoms with Crippen molar-refractivity contribution in [1.82, 2.24) is 10.6 Å². The fourth-order valence-electron chi connectivity index (χ4n) is 4.00. The van der Waals surface area contributed by atoms with Gasteiger partial charge in [0.2, 0.25) is 11.8 Å². The predicted octanol–water partition coefficient (Wildman–Crippen LogP) is 2.43. The second-order valence-corrected chi connectivity index (χ2v) is 7.13. The van der Waals surface area contributed by atoms with E-state index in [1.54, 1.807) is 0 Å². The number of rotatable bonds is 5. The summed E-state index contributed by atoms with van der Waals surface area (Å²) >= 11 is 0. The van der Waals surface area contributed by atoms with Gasteiger partial charge >= 0.3 is 0 Å². The van der Waals surface area contributed by atoms with E-state index >= 15 is 0 Å². The molecule has 2 amide bonds. The number of hydrogen-bond donors (Lipinski definition) is 2. The van der Waals surface area contributed by atoms with E-state index in [9.17, 15) is 9.59 Å². The maximum atomic E-state index is 12.4. The number of benzene rings is 1. The Labute approximate surface area is 138 Å². The van der Waals surface area contributed by atoms with Gasteiger partial charge in [0.15, 0.2) is 0 Å². The summed E-state index contributed by atoms with van der Waals surface area (Å²) in [5.41, 5.74) is 1.54. The Morgan fingerprint density at radius 3 is 2.65 bits per heavy atom. The molecule has 0 bridgehead atoms. The molecule has 1 aromatic rings. The van der Waals surface area contributed by atoms with Crippen LogP contribution in [-0.2, 0) is 16.0 Å². The molecular formula is C19H26N2O2. The number of amides is 2. The highest BCUT2D eigenvalue weighted by Gasteiger charge is 2.35. The monoisotopic (exact) mass is 314 g/mol. The number of carbonyl (C=O) groups is 2. The summed E-state index contributed by atoms with van der Waals surface area (Å²) in [6.07, 6.45) is 6.95. The second kappa shape index (κ2) is 7.16. The van der Waals surface area contributed by atoms with Crippen LogP contribution in [0.1, 0.15) is 44.1 Å². The van der Waals surface area contributed by atoms with Crippen LogP contribution < -0.4 is 10.6 Å². The Morgan fingerprint density at radius 1 is 1.22 bits per heavy atom. The molecule has 1 saturated heterocycles. The minimum absolute atomic E-state index is 0.00346. The van der Waals surface area contributed by atoms with E-state index < -0.39 is 0 Å². The molecule has 0 aromatic heterocycles. The van der Waals surface area contributed by atoms with Crippen LogP contribution in [0.5, 0.6) is 0 Å². The van der Waals surface area contributed by atoms with Crippen molar-refractivity contribution in [3.63, 3.8) is 0 Å². The molecule has 1 heterocycles. The van der Waals surface area contributed by atoms with E-state index in [-0.39, 0.29) is 23.1 Å². The van der Waals surface area contributed by atoms with Gasteiger partial charge in [0, 0.05) is 25.4 Å². The molecule has 0 spiro atoms. The first-order valence-electron chi connectivity index (χ1n) is 8.75. The molecule has 1 atom stereocenters. The van der Waals surface area contributed by atoms with Crippen molar-refractivity contribution in [3.8, 4) is 0 Å². The third kappa shape index (κ3) is 4.12. The van der Waals surface area contributed by atoms with Crippen molar-refractivity contribution >= 4 is 11.8 Å². The summed E-state index contributed by atoms with van der Waals surface area (Å²) < 4.78 is 0. The lowest BCUT2D eigenvalue weighted by Crippen LogP contribution is -2.44. The number of nitrogens with one attached hydrogen (secondary N) is 2. The SMILES string of the molecule is O=C1C[C@H](C(=O)NCC2(Cc3ccccc3)CCCC2)CCN1. The van der Waals surface area contributed by atoms with Gasteiger partial charge in [0.25, 0.3) is 0 Å². The van der Waals surface area contributed by atoms with Gasteiger partial charge in [0.05, 0.1) is 0 Å². The van der Waals surface area contributed by atoms with E-state index in [4.69, 9.17) is 0 Å². The summed E-state index contributed by atoms with van der Waals surface area (Å²) in [6, 6.07) is 10.6. The van der Waals surface area contributed by atoms with Gasteiger partial charge in [-0.1, -0.05) is 43.2 Å². The minimum atomic E-state index is -0.154. The average molecular weight is 314 g/mol.